The minimum absolute atomic E-state index is 0.00514. The van der Waals surface area contributed by atoms with Gasteiger partial charge in [-0.05, 0) is 6.92 Å². The lowest BCUT2D eigenvalue weighted by molar-refractivity contribution is -0.159. The molecular formula is C10H15NO5. The largest absolute Gasteiger partial charge is 0.468 e. The second-order valence-electron chi connectivity index (χ2n) is 3.89. The Balaban J connectivity index is 2.87. The number of rotatable bonds is 1. The number of carbonyl (C=O) groups is 3. The molecule has 1 atom stereocenters. The third-order valence-electron chi connectivity index (χ3n) is 2.80. The molecule has 6 nitrogen and oxygen atoms in total. The van der Waals surface area contributed by atoms with Crippen molar-refractivity contribution in [2.75, 3.05) is 27.3 Å². The first-order valence-electron chi connectivity index (χ1n) is 4.90. The molecule has 0 unspecified atom stereocenters. The molecule has 1 saturated heterocycles. The van der Waals surface area contributed by atoms with Gasteiger partial charge < -0.3 is 14.4 Å². The number of ketones is 1. The summed E-state index contributed by atoms with van der Waals surface area (Å²) in [6, 6.07) is 0. The molecule has 1 rings (SSSR count). The molecule has 16 heavy (non-hydrogen) atoms. The van der Waals surface area contributed by atoms with Crippen LogP contribution < -0.4 is 0 Å². The van der Waals surface area contributed by atoms with Crippen molar-refractivity contribution in [1.29, 1.82) is 0 Å². The van der Waals surface area contributed by atoms with Crippen molar-refractivity contribution in [2.24, 2.45) is 5.41 Å². The first-order chi connectivity index (χ1) is 7.45. The first kappa shape index (κ1) is 12.5. The zero-order valence-corrected chi connectivity index (χ0v) is 9.61. The van der Waals surface area contributed by atoms with Gasteiger partial charge in [-0.1, -0.05) is 0 Å². The van der Waals surface area contributed by atoms with E-state index < -0.39 is 17.5 Å². The molecule has 90 valence electrons. The lowest BCUT2D eigenvalue weighted by atomic mass is 9.81. The summed E-state index contributed by atoms with van der Waals surface area (Å²) in [5, 5.41) is 0. The average molecular weight is 229 g/mol. The predicted molar refractivity (Wildman–Crippen MR) is 53.7 cm³/mol. The Bertz CT molecular complexity index is 317. The molecule has 1 aliphatic heterocycles. The van der Waals surface area contributed by atoms with Crippen molar-refractivity contribution in [3.63, 3.8) is 0 Å². The summed E-state index contributed by atoms with van der Waals surface area (Å²) in [5.41, 5.74) is -1.28. The molecule has 0 aromatic carbocycles. The van der Waals surface area contributed by atoms with Crippen LogP contribution in [0.15, 0.2) is 0 Å². The summed E-state index contributed by atoms with van der Waals surface area (Å²) in [4.78, 5) is 35.9. The van der Waals surface area contributed by atoms with Crippen molar-refractivity contribution in [3.8, 4) is 0 Å². The van der Waals surface area contributed by atoms with E-state index >= 15 is 0 Å². The van der Waals surface area contributed by atoms with Crippen LogP contribution in [0.4, 0.5) is 4.79 Å². The average Bonchev–Trinajstić information content (AvgIpc) is 2.30. The summed E-state index contributed by atoms with van der Waals surface area (Å²) in [5.74, 6) is -0.828. The van der Waals surface area contributed by atoms with Crippen LogP contribution in [0, 0.1) is 5.41 Å². The smallest absolute Gasteiger partial charge is 0.409 e. The van der Waals surface area contributed by atoms with Gasteiger partial charge in [0.25, 0.3) is 0 Å². The number of carbonyl (C=O) groups excluding carboxylic acids is 3. The SMILES string of the molecule is COC(=O)N1CCC(=O)[C@](C)(C(=O)OC)C1. The third-order valence-corrected chi connectivity index (χ3v) is 2.80. The van der Waals surface area contributed by atoms with Crippen LogP contribution in [0.25, 0.3) is 0 Å². The molecule has 0 N–H and O–H groups in total. The van der Waals surface area contributed by atoms with E-state index in [4.69, 9.17) is 0 Å². The van der Waals surface area contributed by atoms with Crippen LogP contribution >= 0.6 is 0 Å². The third kappa shape index (κ3) is 2.00. The summed E-state index contributed by atoms with van der Waals surface area (Å²) < 4.78 is 9.14. The molecule has 1 amide bonds. The van der Waals surface area contributed by atoms with Crippen LogP contribution in [0.1, 0.15) is 13.3 Å². The Kier molecular flexibility index (Phi) is 3.51. The van der Waals surface area contributed by atoms with Crippen LogP contribution in [0.2, 0.25) is 0 Å². The van der Waals surface area contributed by atoms with Crippen LogP contribution in [0.5, 0.6) is 0 Å². The van der Waals surface area contributed by atoms with Crippen molar-refractivity contribution in [1.82, 2.24) is 4.90 Å². The highest BCUT2D eigenvalue weighted by Gasteiger charge is 2.47. The Hall–Kier alpha value is -1.59. The normalized spacial score (nSPS) is 25.2. The number of nitrogens with zero attached hydrogens (tertiary/aromatic N) is 1. The van der Waals surface area contributed by atoms with Crippen molar-refractivity contribution in [3.05, 3.63) is 0 Å². The van der Waals surface area contributed by atoms with Gasteiger partial charge in [0.2, 0.25) is 0 Å². The summed E-state index contributed by atoms with van der Waals surface area (Å²) in [6.45, 7) is 1.76. The summed E-state index contributed by atoms with van der Waals surface area (Å²) >= 11 is 0. The Morgan fingerprint density at radius 2 is 1.94 bits per heavy atom. The lowest BCUT2D eigenvalue weighted by Gasteiger charge is -2.36. The van der Waals surface area contributed by atoms with Gasteiger partial charge in [-0.25, -0.2) is 4.79 Å². The van der Waals surface area contributed by atoms with Gasteiger partial charge in [0.1, 0.15) is 5.41 Å². The van der Waals surface area contributed by atoms with E-state index in [0.29, 0.717) is 0 Å². The number of hydrogen-bond acceptors (Lipinski definition) is 5. The first-order valence-corrected chi connectivity index (χ1v) is 4.90. The van der Waals surface area contributed by atoms with E-state index in [1.807, 2.05) is 0 Å². The number of likely N-dealkylation sites (tertiary alicyclic amines) is 1. The number of amides is 1. The molecule has 0 spiro atoms. The molecule has 1 aliphatic rings. The molecular weight excluding hydrogens is 214 g/mol. The van der Waals surface area contributed by atoms with Crippen LogP contribution in [-0.4, -0.2) is 50.1 Å². The Morgan fingerprint density at radius 3 is 2.44 bits per heavy atom. The van der Waals surface area contributed by atoms with Crippen molar-refractivity contribution in [2.45, 2.75) is 13.3 Å². The van der Waals surface area contributed by atoms with Gasteiger partial charge >= 0.3 is 12.1 Å². The highest BCUT2D eigenvalue weighted by Crippen LogP contribution is 2.27. The van der Waals surface area contributed by atoms with Crippen molar-refractivity contribution >= 4 is 17.8 Å². The number of esters is 1. The molecule has 0 aliphatic carbocycles. The van der Waals surface area contributed by atoms with Crippen LogP contribution in [-0.2, 0) is 19.1 Å². The number of hydrogen-bond donors (Lipinski definition) is 0. The van der Waals surface area contributed by atoms with Gasteiger partial charge in [0.05, 0.1) is 14.2 Å². The van der Waals surface area contributed by atoms with E-state index in [1.54, 1.807) is 0 Å². The van der Waals surface area contributed by atoms with E-state index in [9.17, 15) is 14.4 Å². The highest BCUT2D eigenvalue weighted by molar-refractivity contribution is 6.04. The van der Waals surface area contributed by atoms with Gasteiger partial charge in [0.15, 0.2) is 5.78 Å². The zero-order valence-electron chi connectivity index (χ0n) is 9.61. The maximum Gasteiger partial charge on any atom is 0.409 e. The molecule has 0 radical (unpaired) electrons. The topological polar surface area (TPSA) is 72.9 Å². The van der Waals surface area contributed by atoms with E-state index in [0.717, 1.165) is 0 Å². The highest BCUT2D eigenvalue weighted by atomic mass is 16.5. The van der Waals surface area contributed by atoms with Crippen molar-refractivity contribution < 1.29 is 23.9 Å². The molecule has 0 bridgehead atoms. The second-order valence-corrected chi connectivity index (χ2v) is 3.89. The number of methoxy groups -OCH3 is 2. The van der Waals surface area contributed by atoms with Gasteiger partial charge in [0, 0.05) is 19.5 Å². The Morgan fingerprint density at radius 1 is 1.31 bits per heavy atom. The monoisotopic (exact) mass is 229 g/mol. The molecule has 0 saturated carbocycles. The molecule has 1 fully saturated rings. The number of Topliss-reactive ketones (excluding diaryl/α,β-unsaturated/α-hetero) is 1. The quantitative estimate of drug-likeness (QED) is 0.474. The number of piperidine rings is 1. The van der Waals surface area contributed by atoms with Crippen LogP contribution in [0.3, 0.4) is 0 Å². The van der Waals surface area contributed by atoms with Gasteiger partial charge in [-0.2, -0.15) is 0 Å². The van der Waals surface area contributed by atoms with E-state index in [-0.39, 0.29) is 25.3 Å². The maximum atomic E-state index is 11.7. The maximum absolute atomic E-state index is 11.7. The minimum atomic E-state index is -1.28. The minimum Gasteiger partial charge on any atom is -0.468 e. The predicted octanol–water partition coefficient (Wildman–Crippen LogP) is 0.207. The van der Waals surface area contributed by atoms with Gasteiger partial charge in [-0.15, -0.1) is 0 Å². The molecule has 1 heterocycles. The lowest BCUT2D eigenvalue weighted by Crippen LogP contribution is -2.54. The fraction of sp³-hybridized carbons (Fsp3) is 0.700. The second kappa shape index (κ2) is 4.51. The van der Waals surface area contributed by atoms with Gasteiger partial charge in [-0.3, -0.25) is 9.59 Å². The zero-order chi connectivity index (χ0) is 12.3. The van der Waals surface area contributed by atoms with E-state index in [2.05, 4.69) is 9.47 Å². The summed E-state index contributed by atoms with van der Waals surface area (Å²) in [7, 11) is 2.48. The molecule has 0 aromatic rings. The number of ether oxygens (including phenoxy) is 2. The molecule has 0 aromatic heterocycles. The summed E-state index contributed by atoms with van der Waals surface area (Å²) in [6.07, 6.45) is -0.400. The fourth-order valence-corrected chi connectivity index (χ4v) is 1.75. The standard InChI is InChI=1S/C10H15NO5/c1-10(8(13)15-2)6-11(9(14)16-3)5-4-7(10)12/h4-6H2,1-3H3/t10-/m1/s1. The Labute approximate surface area is 93.5 Å². The fourth-order valence-electron chi connectivity index (χ4n) is 1.75. The van der Waals surface area contributed by atoms with E-state index in [1.165, 1.54) is 26.0 Å². The molecule has 6 heteroatoms.